The van der Waals surface area contributed by atoms with Gasteiger partial charge in [0.1, 0.15) is 5.75 Å². The molecule has 0 saturated carbocycles. The monoisotopic (exact) mass is 345 g/mol. The van der Waals surface area contributed by atoms with Crippen LogP contribution in [0.1, 0.15) is 48.5 Å². The molecule has 0 spiro atoms. The molecule has 2 rings (SSSR count). The number of aryl methyl sites for hydroxylation is 1. The average molecular weight is 345 g/mol. The van der Waals surface area contributed by atoms with Crippen molar-refractivity contribution in [2.75, 3.05) is 11.9 Å². The summed E-state index contributed by atoms with van der Waals surface area (Å²) in [6, 6.07) is 6.93. The van der Waals surface area contributed by atoms with Gasteiger partial charge in [0.05, 0.1) is 24.0 Å². The Morgan fingerprint density at radius 3 is 2.60 bits per heavy atom. The standard InChI is InChI=1S/C18H23N3O4/c1-5-21-11-14(16(20-21)18(23)25-12(3)4)19-17(22)13-9-7-8-10-15(13)24-6-2/h7-12H,5-6H2,1-4H3,(H,19,22). The van der Waals surface area contributed by atoms with E-state index >= 15 is 0 Å². The van der Waals surface area contributed by atoms with E-state index in [1.54, 1.807) is 49.0 Å². The maximum atomic E-state index is 12.6. The predicted octanol–water partition coefficient (Wildman–Crippen LogP) is 3.12. The Morgan fingerprint density at radius 2 is 1.96 bits per heavy atom. The first-order valence-corrected chi connectivity index (χ1v) is 8.27. The third-order valence-corrected chi connectivity index (χ3v) is 3.30. The number of nitrogens with one attached hydrogen (secondary N) is 1. The Kier molecular flexibility index (Phi) is 6.16. The van der Waals surface area contributed by atoms with Gasteiger partial charge in [-0.2, -0.15) is 5.10 Å². The molecule has 1 N–H and O–H groups in total. The fraction of sp³-hybridized carbons (Fsp3) is 0.389. The third-order valence-electron chi connectivity index (χ3n) is 3.30. The largest absolute Gasteiger partial charge is 0.493 e. The molecular formula is C18H23N3O4. The van der Waals surface area contributed by atoms with Crippen LogP contribution in [0.4, 0.5) is 5.69 Å². The molecule has 0 unspecified atom stereocenters. The number of para-hydroxylation sites is 1. The summed E-state index contributed by atoms with van der Waals surface area (Å²) in [5.41, 5.74) is 0.776. The van der Waals surface area contributed by atoms with E-state index in [0.29, 0.717) is 30.2 Å². The van der Waals surface area contributed by atoms with Crippen molar-refractivity contribution in [2.45, 2.75) is 40.3 Å². The Bertz CT molecular complexity index is 753. The van der Waals surface area contributed by atoms with E-state index in [2.05, 4.69) is 10.4 Å². The smallest absolute Gasteiger partial charge is 0.361 e. The third kappa shape index (κ3) is 4.59. The lowest BCUT2D eigenvalue weighted by molar-refractivity contribution is 0.0371. The van der Waals surface area contributed by atoms with Crippen molar-refractivity contribution >= 4 is 17.6 Å². The van der Waals surface area contributed by atoms with Gasteiger partial charge in [-0.3, -0.25) is 9.48 Å². The summed E-state index contributed by atoms with van der Waals surface area (Å²) in [5, 5.41) is 6.91. The first kappa shape index (κ1) is 18.5. The van der Waals surface area contributed by atoms with E-state index in [9.17, 15) is 9.59 Å². The number of carbonyl (C=O) groups is 2. The molecule has 1 aromatic carbocycles. The first-order valence-electron chi connectivity index (χ1n) is 8.27. The Labute approximate surface area is 146 Å². The quantitative estimate of drug-likeness (QED) is 0.780. The highest BCUT2D eigenvalue weighted by molar-refractivity contribution is 6.08. The number of hydrogen-bond donors (Lipinski definition) is 1. The summed E-state index contributed by atoms with van der Waals surface area (Å²) in [5.74, 6) is -0.467. The minimum Gasteiger partial charge on any atom is -0.493 e. The lowest BCUT2D eigenvalue weighted by Gasteiger charge is -2.11. The molecule has 7 nitrogen and oxygen atoms in total. The van der Waals surface area contributed by atoms with Gasteiger partial charge < -0.3 is 14.8 Å². The predicted molar refractivity (Wildman–Crippen MR) is 94.0 cm³/mol. The van der Waals surface area contributed by atoms with E-state index in [1.807, 2.05) is 13.8 Å². The van der Waals surface area contributed by atoms with Crippen LogP contribution in [0.2, 0.25) is 0 Å². The number of nitrogens with zero attached hydrogens (tertiary/aromatic N) is 2. The summed E-state index contributed by atoms with van der Waals surface area (Å²) in [6.07, 6.45) is 1.33. The van der Waals surface area contributed by atoms with Gasteiger partial charge in [0, 0.05) is 12.7 Å². The van der Waals surface area contributed by atoms with Gasteiger partial charge in [-0.15, -0.1) is 0 Å². The average Bonchev–Trinajstić information content (AvgIpc) is 2.98. The molecule has 0 saturated heterocycles. The molecular weight excluding hydrogens is 322 g/mol. The number of benzene rings is 1. The minimum atomic E-state index is -0.574. The SMILES string of the molecule is CCOc1ccccc1C(=O)Nc1cn(CC)nc1C(=O)OC(C)C. The van der Waals surface area contributed by atoms with Gasteiger partial charge in [-0.25, -0.2) is 4.79 Å². The highest BCUT2D eigenvalue weighted by Crippen LogP contribution is 2.22. The maximum absolute atomic E-state index is 12.6. The van der Waals surface area contributed by atoms with Crippen molar-refractivity contribution in [3.05, 3.63) is 41.7 Å². The molecule has 0 fully saturated rings. The number of esters is 1. The van der Waals surface area contributed by atoms with Gasteiger partial charge in [0.15, 0.2) is 5.69 Å². The number of ether oxygens (including phenoxy) is 2. The molecule has 0 aliphatic heterocycles. The highest BCUT2D eigenvalue weighted by atomic mass is 16.5. The van der Waals surface area contributed by atoms with E-state index < -0.39 is 5.97 Å². The van der Waals surface area contributed by atoms with Crippen molar-refractivity contribution in [1.29, 1.82) is 0 Å². The molecule has 25 heavy (non-hydrogen) atoms. The number of carbonyl (C=O) groups excluding carboxylic acids is 2. The van der Waals surface area contributed by atoms with Crippen LogP contribution in [-0.2, 0) is 11.3 Å². The van der Waals surface area contributed by atoms with Crippen LogP contribution in [0, 0.1) is 0 Å². The minimum absolute atomic E-state index is 0.0813. The summed E-state index contributed by atoms with van der Waals surface area (Å²) in [4.78, 5) is 24.8. The molecule has 0 atom stereocenters. The highest BCUT2D eigenvalue weighted by Gasteiger charge is 2.22. The van der Waals surface area contributed by atoms with Crippen molar-refractivity contribution < 1.29 is 19.1 Å². The summed E-state index contributed by atoms with van der Waals surface area (Å²) in [6.45, 7) is 8.26. The number of amides is 1. The van der Waals surface area contributed by atoms with Crippen molar-refractivity contribution in [1.82, 2.24) is 9.78 Å². The van der Waals surface area contributed by atoms with Crippen molar-refractivity contribution in [3.63, 3.8) is 0 Å². The van der Waals surface area contributed by atoms with Gasteiger partial charge >= 0.3 is 5.97 Å². The summed E-state index contributed by atoms with van der Waals surface area (Å²) in [7, 11) is 0. The van der Waals surface area contributed by atoms with Crippen LogP contribution in [0.3, 0.4) is 0 Å². The number of anilines is 1. The van der Waals surface area contributed by atoms with E-state index in [0.717, 1.165) is 0 Å². The lowest BCUT2D eigenvalue weighted by atomic mass is 10.2. The molecule has 0 bridgehead atoms. The Hall–Kier alpha value is -2.83. The fourth-order valence-corrected chi connectivity index (χ4v) is 2.22. The van der Waals surface area contributed by atoms with Crippen LogP contribution < -0.4 is 10.1 Å². The van der Waals surface area contributed by atoms with Crippen LogP contribution in [0.5, 0.6) is 5.75 Å². The zero-order chi connectivity index (χ0) is 18.4. The summed E-state index contributed by atoms with van der Waals surface area (Å²) < 4.78 is 12.2. The Balaban J connectivity index is 2.29. The molecule has 2 aromatic rings. The van der Waals surface area contributed by atoms with Crippen molar-refractivity contribution in [2.24, 2.45) is 0 Å². The van der Waals surface area contributed by atoms with E-state index in [1.165, 1.54) is 0 Å². The van der Waals surface area contributed by atoms with Crippen LogP contribution in [0.15, 0.2) is 30.5 Å². The first-order chi connectivity index (χ1) is 12.0. The van der Waals surface area contributed by atoms with Crippen LogP contribution >= 0.6 is 0 Å². The van der Waals surface area contributed by atoms with Crippen LogP contribution in [-0.4, -0.2) is 34.4 Å². The number of hydrogen-bond acceptors (Lipinski definition) is 5. The van der Waals surface area contributed by atoms with Gasteiger partial charge in [-0.1, -0.05) is 12.1 Å². The second-order valence-electron chi connectivity index (χ2n) is 5.58. The van der Waals surface area contributed by atoms with Crippen molar-refractivity contribution in [3.8, 4) is 5.75 Å². The molecule has 0 aliphatic carbocycles. The molecule has 1 aromatic heterocycles. The molecule has 134 valence electrons. The molecule has 1 amide bonds. The number of rotatable bonds is 7. The molecule has 7 heteroatoms. The van der Waals surface area contributed by atoms with Crippen LogP contribution in [0.25, 0.3) is 0 Å². The normalized spacial score (nSPS) is 10.6. The van der Waals surface area contributed by atoms with E-state index in [4.69, 9.17) is 9.47 Å². The second kappa shape index (κ2) is 8.32. The van der Waals surface area contributed by atoms with Gasteiger partial charge in [-0.05, 0) is 39.8 Å². The van der Waals surface area contributed by atoms with Gasteiger partial charge in [0.2, 0.25) is 0 Å². The van der Waals surface area contributed by atoms with E-state index in [-0.39, 0.29) is 17.7 Å². The topological polar surface area (TPSA) is 82.5 Å². The van der Waals surface area contributed by atoms with Gasteiger partial charge in [0.25, 0.3) is 5.91 Å². The molecule has 1 heterocycles. The number of aromatic nitrogens is 2. The summed E-state index contributed by atoms with van der Waals surface area (Å²) >= 11 is 0. The molecule has 0 aliphatic rings. The fourth-order valence-electron chi connectivity index (χ4n) is 2.22. The zero-order valence-corrected chi connectivity index (χ0v) is 14.9. The zero-order valence-electron chi connectivity index (χ0n) is 14.9. The molecule has 0 radical (unpaired) electrons. The lowest BCUT2D eigenvalue weighted by Crippen LogP contribution is -2.18. The second-order valence-corrected chi connectivity index (χ2v) is 5.58. The Morgan fingerprint density at radius 1 is 1.24 bits per heavy atom. The maximum Gasteiger partial charge on any atom is 0.361 e.